The molecule has 2 N–H and O–H groups in total. The molecular weight excluding hydrogens is 228 g/mol. The van der Waals surface area contributed by atoms with Gasteiger partial charge >= 0.3 is 0 Å². The van der Waals surface area contributed by atoms with Crippen LogP contribution in [0.4, 0.5) is 0 Å². The zero-order valence-corrected chi connectivity index (χ0v) is 10.6. The van der Waals surface area contributed by atoms with Crippen molar-refractivity contribution in [2.45, 2.75) is 45.2 Å². The third kappa shape index (κ3) is 2.32. The van der Waals surface area contributed by atoms with E-state index in [0.717, 1.165) is 24.0 Å². The highest BCUT2D eigenvalue weighted by Crippen LogP contribution is 2.49. The normalized spacial score (nSPS) is 29.9. The zero-order chi connectivity index (χ0) is 12.5. The second kappa shape index (κ2) is 4.80. The Bertz CT molecular complexity index is 442. The van der Waals surface area contributed by atoms with Crippen molar-refractivity contribution in [3.8, 4) is 0 Å². The number of hydrogen-bond donors (Lipinski definition) is 1. The van der Waals surface area contributed by atoms with Crippen LogP contribution in [-0.2, 0) is 17.9 Å². The maximum Gasteiger partial charge on any atom is 0.154 e. The molecule has 2 aliphatic rings. The topological polar surface area (TPSA) is 73.8 Å². The minimum atomic E-state index is 0.279. The third-order valence-electron chi connectivity index (χ3n) is 4.51. The molecule has 0 amide bonds. The summed E-state index contributed by atoms with van der Waals surface area (Å²) in [5.74, 6) is 2.63. The molecule has 2 aliphatic carbocycles. The van der Waals surface area contributed by atoms with E-state index in [-0.39, 0.29) is 5.78 Å². The fraction of sp³-hybridized carbons (Fsp3) is 0.769. The van der Waals surface area contributed by atoms with E-state index >= 15 is 0 Å². The Morgan fingerprint density at radius 2 is 2.33 bits per heavy atom. The molecule has 18 heavy (non-hydrogen) atoms. The number of aromatic nitrogens is 3. The summed E-state index contributed by atoms with van der Waals surface area (Å²) in [6, 6.07) is 0. The van der Waals surface area contributed by atoms with Gasteiger partial charge in [-0.2, -0.15) is 0 Å². The van der Waals surface area contributed by atoms with Crippen molar-refractivity contribution >= 4 is 5.78 Å². The van der Waals surface area contributed by atoms with Crippen molar-refractivity contribution in [3.05, 3.63) is 11.9 Å². The summed E-state index contributed by atoms with van der Waals surface area (Å²) in [5.41, 5.74) is 6.20. The van der Waals surface area contributed by atoms with E-state index in [1.54, 1.807) is 10.9 Å². The van der Waals surface area contributed by atoms with Gasteiger partial charge in [0.15, 0.2) is 5.78 Å². The maximum atomic E-state index is 12.0. The number of hydrogen-bond acceptors (Lipinski definition) is 4. The summed E-state index contributed by atoms with van der Waals surface area (Å²) in [6.45, 7) is 0.724. The van der Waals surface area contributed by atoms with Gasteiger partial charge in [-0.1, -0.05) is 11.6 Å². The standard InChI is InChI=1S/C13H20N4O/c14-6-12-7-17(16-15-12)8-13(18)5-11-4-9-1-2-10(11)3-9/h7,9-11H,1-6,8,14H2. The van der Waals surface area contributed by atoms with Gasteiger partial charge in [-0.05, 0) is 37.0 Å². The van der Waals surface area contributed by atoms with Crippen LogP contribution in [0.2, 0.25) is 0 Å². The first kappa shape index (κ1) is 11.8. The molecule has 98 valence electrons. The largest absolute Gasteiger partial charge is 0.325 e. The van der Waals surface area contributed by atoms with Crippen LogP contribution in [0.5, 0.6) is 0 Å². The summed E-state index contributed by atoms with van der Waals surface area (Å²) in [4.78, 5) is 12.0. The predicted molar refractivity (Wildman–Crippen MR) is 66.5 cm³/mol. The van der Waals surface area contributed by atoms with Crippen LogP contribution < -0.4 is 5.73 Å². The van der Waals surface area contributed by atoms with E-state index in [9.17, 15) is 4.79 Å². The molecule has 5 nitrogen and oxygen atoms in total. The molecule has 0 aromatic carbocycles. The fourth-order valence-corrected chi connectivity index (χ4v) is 3.67. The highest BCUT2D eigenvalue weighted by Gasteiger charge is 2.39. The van der Waals surface area contributed by atoms with Gasteiger partial charge in [0.25, 0.3) is 0 Å². The third-order valence-corrected chi connectivity index (χ3v) is 4.51. The average Bonchev–Trinajstić information content (AvgIpc) is 3.04. The summed E-state index contributed by atoms with van der Waals surface area (Å²) in [6.07, 6.45) is 7.83. The quantitative estimate of drug-likeness (QED) is 0.847. The second-order valence-electron chi connectivity index (χ2n) is 5.79. The zero-order valence-electron chi connectivity index (χ0n) is 10.6. The molecule has 0 aliphatic heterocycles. The minimum Gasteiger partial charge on any atom is -0.325 e. The van der Waals surface area contributed by atoms with Crippen molar-refractivity contribution in [3.63, 3.8) is 0 Å². The van der Waals surface area contributed by atoms with Gasteiger partial charge in [0.05, 0.1) is 11.9 Å². The van der Waals surface area contributed by atoms with Crippen LogP contribution in [-0.4, -0.2) is 20.8 Å². The van der Waals surface area contributed by atoms with Gasteiger partial charge in [-0.25, -0.2) is 4.68 Å². The molecule has 3 unspecified atom stereocenters. The minimum absolute atomic E-state index is 0.279. The van der Waals surface area contributed by atoms with E-state index < -0.39 is 0 Å². The molecule has 0 saturated heterocycles. The number of fused-ring (bicyclic) bond motifs is 2. The van der Waals surface area contributed by atoms with Gasteiger partial charge in [0, 0.05) is 13.0 Å². The first-order valence-electron chi connectivity index (χ1n) is 6.85. The summed E-state index contributed by atoms with van der Waals surface area (Å²) in [5, 5.41) is 7.81. The number of nitrogens with two attached hydrogens (primary N) is 1. The highest BCUT2D eigenvalue weighted by atomic mass is 16.1. The van der Waals surface area contributed by atoms with Crippen LogP contribution in [0.15, 0.2) is 6.20 Å². The van der Waals surface area contributed by atoms with Gasteiger partial charge < -0.3 is 5.73 Å². The lowest BCUT2D eigenvalue weighted by Gasteiger charge is -2.20. The van der Waals surface area contributed by atoms with Gasteiger partial charge in [0.2, 0.25) is 0 Å². The molecule has 3 atom stereocenters. The molecule has 2 bridgehead atoms. The SMILES string of the molecule is NCc1cn(CC(=O)CC2CC3CCC2C3)nn1. The lowest BCUT2D eigenvalue weighted by molar-refractivity contribution is -0.121. The van der Waals surface area contributed by atoms with E-state index in [1.165, 1.54) is 25.7 Å². The van der Waals surface area contributed by atoms with Crippen LogP contribution in [0.25, 0.3) is 0 Å². The molecule has 1 aromatic rings. The van der Waals surface area contributed by atoms with Crippen LogP contribution in [0, 0.1) is 17.8 Å². The Morgan fingerprint density at radius 1 is 1.44 bits per heavy atom. The van der Waals surface area contributed by atoms with Crippen LogP contribution in [0.1, 0.15) is 37.8 Å². The molecule has 5 heteroatoms. The van der Waals surface area contributed by atoms with Gasteiger partial charge in [-0.15, -0.1) is 5.10 Å². The molecule has 2 fully saturated rings. The van der Waals surface area contributed by atoms with Crippen molar-refractivity contribution in [1.82, 2.24) is 15.0 Å². The number of carbonyl (C=O) groups is 1. The smallest absolute Gasteiger partial charge is 0.154 e. The van der Waals surface area contributed by atoms with Crippen LogP contribution >= 0.6 is 0 Å². The number of carbonyl (C=O) groups excluding carboxylic acids is 1. The molecule has 1 aromatic heterocycles. The molecule has 0 radical (unpaired) electrons. The second-order valence-corrected chi connectivity index (χ2v) is 5.79. The number of rotatable bonds is 5. The first-order valence-corrected chi connectivity index (χ1v) is 6.85. The first-order chi connectivity index (χ1) is 8.74. The Hall–Kier alpha value is -1.23. The number of nitrogens with zero attached hydrogens (tertiary/aromatic N) is 3. The van der Waals surface area contributed by atoms with E-state index in [1.807, 2.05) is 0 Å². The van der Waals surface area contributed by atoms with E-state index in [0.29, 0.717) is 19.0 Å². The lowest BCUT2D eigenvalue weighted by atomic mass is 9.85. The molecule has 1 heterocycles. The Balaban J connectivity index is 1.52. The lowest BCUT2D eigenvalue weighted by Crippen LogP contribution is -2.19. The summed E-state index contributed by atoms with van der Waals surface area (Å²) < 4.78 is 1.61. The Kier molecular flexibility index (Phi) is 3.16. The van der Waals surface area contributed by atoms with E-state index in [4.69, 9.17) is 5.73 Å². The average molecular weight is 248 g/mol. The van der Waals surface area contributed by atoms with Crippen LogP contribution in [0.3, 0.4) is 0 Å². The highest BCUT2D eigenvalue weighted by molar-refractivity contribution is 5.78. The Morgan fingerprint density at radius 3 is 2.94 bits per heavy atom. The van der Waals surface area contributed by atoms with Gasteiger partial charge in [-0.3, -0.25) is 4.79 Å². The van der Waals surface area contributed by atoms with Crippen molar-refractivity contribution < 1.29 is 4.79 Å². The molecular formula is C13H20N4O. The molecule has 0 spiro atoms. The van der Waals surface area contributed by atoms with Crippen molar-refractivity contribution in [1.29, 1.82) is 0 Å². The van der Waals surface area contributed by atoms with Crippen molar-refractivity contribution in [2.75, 3.05) is 0 Å². The summed E-state index contributed by atoms with van der Waals surface area (Å²) in [7, 11) is 0. The van der Waals surface area contributed by atoms with E-state index in [2.05, 4.69) is 10.3 Å². The monoisotopic (exact) mass is 248 g/mol. The number of ketones is 1. The number of Topliss-reactive ketones (excluding diaryl/α,β-unsaturated/α-hetero) is 1. The fourth-order valence-electron chi connectivity index (χ4n) is 3.67. The Labute approximate surface area is 107 Å². The maximum absolute atomic E-state index is 12.0. The molecule has 2 saturated carbocycles. The predicted octanol–water partition coefficient (Wildman–Crippen LogP) is 1.13. The van der Waals surface area contributed by atoms with Gasteiger partial charge in [0.1, 0.15) is 6.54 Å². The van der Waals surface area contributed by atoms with Crippen molar-refractivity contribution in [2.24, 2.45) is 23.5 Å². The summed E-state index contributed by atoms with van der Waals surface area (Å²) >= 11 is 0. The molecule has 3 rings (SSSR count).